The van der Waals surface area contributed by atoms with Gasteiger partial charge >= 0.3 is 5.97 Å². The molecule has 1 aromatic heterocycles. The second kappa shape index (κ2) is 6.17. The van der Waals surface area contributed by atoms with Gasteiger partial charge in [-0.05, 0) is 30.2 Å². The number of ether oxygens (including phenoxy) is 1. The molecule has 0 bridgehead atoms. The highest BCUT2D eigenvalue weighted by Crippen LogP contribution is 2.24. The average Bonchev–Trinajstić information content (AvgIpc) is 2.79. The van der Waals surface area contributed by atoms with E-state index in [1.807, 2.05) is 11.4 Å². The van der Waals surface area contributed by atoms with Gasteiger partial charge in [0.15, 0.2) is 0 Å². The van der Waals surface area contributed by atoms with Crippen molar-refractivity contribution in [1.29, 1.82) is 0 Å². The number of thiophene rings is 1. The maximum absolute atomic E-state index is 10.9. The van der Waals surface area contributed by atoms with E-state index in [9.17, 15) is 4.79 Å². The third-order valence-corrected chi connectivity index (χ3v) is 4.22. The Kier molecular flexibility index (Phi) is 4.57. The molecular formula is C13H18O3S. The Bertz CT molecular complexity index is 366. The molecule has 94 valence electrons. The molecule has 0 spiro atoms. The first-order chi connectivity index (χ1) is 8.27. The van der Waals surface area contributed by atoms with E-state index < -0.39 is 5.97 Å². The summed E-state index contributed by atoms with van der Waals surface area (Å²) in [4.78, 5) is 11.3. The van der Waals surface area contributed by atoms with E-state index in [2.05, 4.69) is 0 Å². The van der Waals surface area contributed by atoms with Gasteiger partial charge in [-0.3, -0.25) is 0 Å². The summed E-state index contributed by atoms with van der Waals surface area (Å²) in [6.07, 6.45) is 6.49. The van der Waals surface area contributed by atoms with Crippen LogP contribution in [0.1, 0.15) is 47.3 Å². The van der Waals surface area contributed by atoms with E-state index in [4.69, 9.17) is 9.84 Å². The molecule has 1 aliphatic rings. The minimum atomic E-state index is -0.851. The second-order valence-electron chi connectivity index (χ2n) is 4.60. The molecule has 17 heavy (non-hydrogen) atoms. The van der Waals surface area contributed by atoms with Gasteiger partial charge in [0.25, 0.3) is 0 Å². The normalized spacial score (nSPS) is 17.2. The first-order valence-corrected chi connectivity index (χ1v) is 7.02. The summed E-state index contributed by atoms with van der Waals surface area (Å²) in [6.45, 7) is 1.20. The number of aromatic carboxylic acids is 1. The Morgan fingerprint density at radius 2 is 2.18 bits per heavy atom. The van der Waals surface area contributed by atoms with Crippen molar-refractivity contribution in [2.75, 3.05) is 6.61 Å². The number of carboxylic acids is 1. The fraction of sp³-hybridized carbons (Fsp3) is 0.615. The molecule has 0 saturated heterocycles. The Labute approximate surface area is 105 Å². The minimum Gasteiger partial charge on any atom is -0.477 e. The molecule has 0 aromatic carbocycles. The van der Waals surface area contributed by atoms with E-state index in [0.717, 1.165) is 12.2 Å². The molecule has 0 aliphatic heterocycles. The zero-order valence-electron chi connectivity index (χ0n) is 9.85. The molecule has 0 radical (unpaired) electrons. The minimum absolute atomic E-state index is 0.411. The maximum Gasteiger partial charge on any atom is 0.346 e. The lowest BCUT2D eigenvalue weighted by molar-refractivity contribution is 0.0660. The third-order valence-electron chi connectivity index (χ3n) is 3.28. The van der Waals surface area contributed by atoms with Crippen molar-refractivity contribution in [3.63, 3.8) is 0 Å². The zero-order chi connectivity index (χ0) is 12.1. The van der Waals surface area contributed by atoms with Crippen molar-refractivity contribution in [2.24, 2.45) is 5.92 Å². The largest absolute Gasteiger partial charge is 0.477 e. The molecule has 1 saturated carbocycles. The summed E-state index contributed by atoms with van der Waals surface area (Å²) in [6, 6.07) is 1.84. The van der Waals surface area contributed by atoms with Crippen LogP contribution in [0.5, 0.6) is 0 Å². The zero-order valence-corrected chi connectivity index (χ0v) is 10.7. The van der Waals surface area contributed by atoms with E-state index in [1.165, 1.54) is 43.4 Å². The molecule has 0 amide bonds. The monoisotopic (exact) mass is 254 g/mol. The molecular weight excluding hydrogens is 236 g/mol. The highest BCUT2D eigenvalue weighted by atomic mass is 32.1. The van der Waals surface area contributed by atoms with Crippen LogP contribution in [-0.2, 0) is 11.3 Å². The lowest BCUT2D eigenvalue weighted by atomic mass is 9.90. The van der Waals surface area contributed by atoms with Crippen molar-refractivity contribution >= 4 is 17.3 Å². The second-order valence-corrected chi connectivity index (χ2v) is 5.52. The van der Waals surface area contributed by atoms with Gasteiger partial charge in [0, 0.05) is 12.2 Å². The summed E-state index contributed by atoms with van der Waals surface area (Å²) in [5.74, 6) is -0.174. The van der Waals surface area contributed by atoms with Gasteiger partial charge in [0.05, 0.1) is 6.61 Å². The lowest BCUT2D eigenvalue weighted by Crippen LogP contribution is -2.13. The maximum atomic E-state index is 10.9. The van der Waals surface area contributed by atoms with Crippen molar-refractivity contribution in [1.82, 2.24) is 0 Å². The molecule has 0 atom stereocenters. The van der Waals surface area contributed by atoms with Gasteiger partial charge in [0.1, 0.15) is 4.88 Å². The van der Waals surface area contributed by atoms with Crippen molar-refractivity contribution < 1.29 is 14.6 Å². The third kappa shape index (κ3) is 3.54. The van der Waals surface area contributed by atoms with E-state index in [1.54, 1.807) is 0 Å². The van der Waals surface area contributed by atoms with Gasteiger partial charge < -0.3 is 9.84 Å². The van der Waals surface area contributed by atoms with Crippen LogP contribution < -0.4 is 0 Å². The molecule has 0 unspecified atom stereocenters. The summed E-state index contributed by atoms with van der Waals surface area (Å²) >= 11 is 1.26. The molecule has 1 heterocycles. The topological polar surface area (TPSA) is 46.5 Å². The fourth-order valence-corrected chi connectivity index (χ4v) is 3.07. The van der Waals surface area contributed by atoms with Gasteiger partial charge in [-0.2, -0.15) is 0 Å². The Morgan fingerprint density at radius 3 is 2.88 bits per heavy atom. The quantitative estimate of drug-likeness (QED) is 0.874. The Hall–Kier alpha value is -0.870. The predicted molar refractivity (Wildman–Crippen MR) is 67.5 cm³/mol. The van der Waals surface area contributed by atoms with Crippen molar-refractivity contribution in [2.45, 2.75) is 38.7 Å². The molecule has 1 fully saturated rings. The SMILES string of the molecule is O=C(O)c1sccc1COCC1CCCCC1. The van der Waals surface area contributed by atoms with Crippen LogP contribution in [0, 0.1) is 5.92 Å². The number of carbonyl (C=O) groups is 1. The van der Waals surface area contributed by atoms with Gasteiger partial charge in [-0.15, -0.1) is 11.3 Å². The van der Waals surface area contributed by atoms with Crippen LogP contribution in [0.15, 0.2) is 11.4 Å². The van der Waals surface area contributed by atoms with Crippen LogP contribution in [0.3, 0.4) is 0 Å². The fourth-order valence-electron chi connectivity index (χ4n) is 2.33. The smallest absolute Gasteiger partial charge is 0.346 e. The molecule has 2 rings (SSSR count). The van der Waals surface area contributed by atoms with Crippen LogP contribution in [0.2, 0.25) is 0 Å². The highest BCUT2D eigenvalue weighted by Gasteiger charge is 2.15. The van der Waals surface area contributed by atoms with Gasteiger partial charge in [-0.25, -0.2) is 4.79 Å². The summed E-state index contributed by atoms with van der Waals surface area (Å²) < 4.78 is 5.65. The first-order valence-electron chi connectivity index (χ1n) is 6.15. The Morgan fingerprint density at radius 1 is 1.41 bits per heavy atom. The molecule has 1 N–H and O–H groups in total. The summed E-state index contributed by atoms with van der Waals surface area (Å²) in [5.41, 5.74) is 0.804. The van der Waals surface area contributed by atoms with Crippen LogP contribution >= 0.6 is 11.3 Å². The number of carboxylic acid groups (broad SMARTS) is 1. The van der Waals surface area contributed by atoms with E-state index in [0.29, 0.717) is 17.4 Å². The summed E-state index contributed by atoms with van der Waals surface area (Å²) in [7, 11) is 0. The van der Waals surface area contributed by atoms with Crippen molar-refractivity contribution in [3.8, 4) is 0 Å². The molecule has 3 nitrogen and oxygen atoms in total. The average molecular weight is 254 g/mol. The highest BCUT2D eigenvalue weighted by molar-refractivity contribution is 7.12. The van der Waals surface area contributed by atoms with Crippen LogP contribution in [0.25, 0.3) is 0 Å². The number of rotatable bonds is 5. The molecule has 4 heteroatoms. The van der Waals surface area contributed by atoms with Crippen molar-refractivity contribution in [3.05, 3.63) is 21.9 Å². The molecule has 1 aliphatic carbocycles. The summed E-state index contributed by atoms with van der Waals surface area (Å²) in [5, 5.41) is 10.8. The van der Waals surface area contributed by atoms with Crippen LogP contribution in [-0.4, -0.2) is 17.7 Å². The predicted octanol–water partition coefficient (Wildman–Crippen LogP) is 3.54. The Balaban J connectivity index is 1.77. The number of hydrogen-bond donors (Lipinski definition) is 1. The first kappa shape index (κ1) is 12.6. The van der Waals surface area contributed by atoms with Gasteiger partial charge in [-0.1, -0.05) is 19.3 Å². The molecule has 1 aromatic rings. The lowest BCUT2D eigenvalue weighted by Gasteiger charge is -2.21. The van der Waals surface area contributed by atoms with Gasteiger partial charge in [0.2, 0.25) is 0 Å². The van der Waals surface area contributed by atoms with E-state index >= 15 is 0 Å². The standard InChI is InChI=1S/C13H18O3S/c14-13(15)12-11(6-7-17-12)9-16-8-10-4-2-1-3-5-10/h6-7,10H,1-5,8-9H2,(H,14,15). The van der Waals surface area contributed by atoms with E-state index in [-0.39, 0.29) is 0 Å². The van der Waals surface area contributed by atoms with Crippen LogP contribution in [0.4, 0.5) is 0 Å². The number of hydrogen-bond acceptors (Lipinski definition) is 3.